The molecule has 0 bridgehead atoms. The first kappa shape index (κ1) is 17.5. The van der Waals surface area contributed by atoms with Crippen LogP contribution in [0.2, 0.25) is 0 Å². The van der Waals surface area contributed by atoms with Gasteiger partial charge in [-0.3, -0.25) is 4.79 Å². The van der Waals surface area contributed by atoms with Crippen LogP contribution >= 0.6 is 0 Å². The molecule has 0 saturated heterocycles. The zero-order valence-corrected chi connectivity index (χ0v) is 13.7. The molecule has 0 aliphatic carbocycles. The lowest BCUT2D eigenvalue weighted by Crippen LogP contribution is -2.42. The molecule has 0 aromatic heterocycles. The lowest BCUT2D eigenvalue weighted by atomic mass is 9.99. The van der Waals surface area contributed by atoms with E-state index in [1.165, 1.54) is 0 Å². The zero-order chi connectivity index (χ0) is 15.9. The molecule has 1 rings (SSSR count). The van der Waals surface area contributed by atoms with Crippen LogP contribution in [0.25, 0.3) is 0 Å². The van der Waals surface area contributed by atoms with Gasteiger partial charge < -0.3 is 14.8 Å². The van der Waals surface area contributed by atoms with Crippen molar-refractivity contribution in [3.05, 3.63) is 24.3 Å². The van der Waals surface area contributed by atoms with E-state index in [2.05, 4.69) is 5.32 Å². The second-order valence-electron chi connectivity index (χ2n) is 5.56. The Balaban J connectivity index is 2.72. The van der Waals surface area contributed by atoms with Gasteiger partial charge in [0.2, 0.25) is 0 Å². The number of benzene rings is 1. The maximum absolute atomic E-state index is 12.4. The van der Waals surface area contributed by atoms with Gasteiger partial charge in [0.25, 0.3) is 5.91 Å². The van der Waals surface area contributed by atoms with Gasteiger partial charge >= 0.3 is 0 Å². The van der Waals surface area contributed by atoms with Crippen molar-refractivity contribution >= 4 is 11.6 Å². The quantitative estimate of drug-likeness (QED) is 0.788. The zero-order valence-electron chi connectivity index (χ0n) is 13.7. The second kappa shape index (κ2) is 8.03. The van der Waals surface area contributed by atoms with Gasteiger partial charge in [-0.05, 0) is 58.4 Å². The van der Waals surface area contributed by atoms with Gasteiger partial charge in [0, 0.05) is 12.3 Å². The van der Waals surface area contributed by atoms with Crippen LogP contribution in [0.4, 0.5) is 5.69 Å². The van der Waals surface area contributed by atoms with Crippen molar-refractivity contribution in [1.29, 1.82) is 0 Å². The van der Waals surface area contributed by atoms with Crippen molar-refractivity contribution in [3.8, 4) is 5.75 Å². The Morgan fingerprint density at radius 3 is 2.33 bits per heavy atom. The molecule has 4 heteroatoms. The van der Waals surface area contributed by atoms with Crippen LogP contribution in [0.3, 0.4) is 0 Å². The van der Waals surface area contributed by atoms with Crippen LogP contribution in [0.15, 0.2) is 24.3 Å². The topological polar surface area (TPSA) is 47.6 Å². The predicted molar refractivity (Wildman–Crippen MR) is 85.8 cm³/mol. The van der Waals surface area contributed by atoms with E-state index in [0.717, 1.165) is 17.9 Å². The molecule has 1 aromatic rings. The lowest BCUT2D eigenvalue weighted by molar-refractivity contribution is -0.139. The third-order valence-corrected chi connectivity index (χ3v) is 3.15. The summed E-state index contributed by atoms with van der Waals surface area (Å²) in [5.41, 5.74) is -0.0329. The highest BCUT2D eigenvalue weighted by Crippen LogP contribution is 2.22. The fourth-order valence-corrected chi connectivity index (χ4v) is 2.20. The Kier molecular flexibility index (Phi) is 6.69. The average molecular weight is 293 g/mol. The molecule has 4 nitrogen and oxygen atoms in total. The van der Waals surface area contributed by atoms with Crippen molar-refractivity contribution < 1.29 is 14.3 Å². The molecular weight excluding hydrogens is 266 g/mol. The normalized spacial score (nSPS) is 13.8. The summed E-state index contributed by atoms with van der Waals surface area (Å²) in [4.78, 5) is 12.4. The van der Waals surface area contributed by atoms with Gasteiger partial charge in [0.1, 0.15) is 11.4 Å². The second-order valence-corrected chi connectivity index (χ2v) is 5.56. The summed E-state index contributed by atoms with van der Waals surface area (Å²) in [6.45, 7) is 10.3. The van der Waals surface area contributed by atoms with Crippen LogP contribution < -0.4 is 10.1 Å². The van der Waals surface area contributed by atoms with E-state index >= 15 is 0 Å². The Hall–Kier alpha value is -1.55. The van der Waals surface area contributed by atoms with Gasteiger partial charge in [-0.2, -0.15) is 0 Å². The molecule has 0 fully saturated rings. The van der Waals surface area contributed by atoms with Crippen LogP contribution in [0.5, 0.6) is 5.75 Å². The van der Waals surface area contributed by atoms with Crippen LogP contribution in [0, 0.1) is 0 Å². The summed E-state index contributed by atoms with van der Waals surface area (Å²) in [7, 11) is 0. The van der Waals surface area contributed by atoms with Crippen molar-refractivity contribution in [1.82, 2.24) is 0 Å². The monoisotopic (exact) mass is 293 g/mol. The summed E-state index contributed by atoms with van der Waals surface area (Å²) in [5, 5.41) is 2.91. The first-order valence-electron chi connectivity index (χ1n) is 7.63. The number of carbonyl (C=O) groups excluding carboxylic acids is 1. The third kappa shape index (κ3) is 5.38. The smallest absolute Gasteiger partial charge is 0.256 e. The Labute approximate surface area is 127 Å². The molecule has 0 radical (unpaired) electrons. The standard InChI is InChI=1S/C17H27NO3/c1-6-12-17(5,20-7-2)16(19)18-14-8-10-15(11-9-14)21-13(3)4/h8-11,13H,6-7,12H2,1-5H3,(H,18,19)/t17-/m0/s1. The summed E-state index contributed by atoms with van der Waals surface area (Å²) in [6.07, 6.45) is 1.72. The number of nitrogens with one attached hydrogen (secondary N) is 1. The van der Waals surface area contributed by atoms with E-state index in [-0.39, 0.29) is 12.0 Å². The predicted octanol–water partition coefficient (Wildman–Crippen LogP) is 4.01. The highest BCUT2D eigenvalue weighted by molar-refractivity contribution is 5.97. The van der Waals surface area contributed by atoms with Gasteiger partial charge in [-0.15, -0.1) is 0 Å². The molecule has 21 heavy (non-hydrogen) atoms. The highest BCUT2D eigenvalue weighted by atomic mass is 16.5. The average Bonchev–Trinajstić information content (AvgIpc) is 2.41. The Morgan fingerprint density at radius 2 is 1.86 bits per heavy atom. The van der Waals surface area contributed by atoms with E-state index in [0.29, 0.717) is 13.0 Å². The van der Waals surface area contributed by atoms with Gasteiger partial charge in [-0.25, -0.2) is 0 Å². The first-order valence-corrected chi connectivity index (χ1v) is 7.63. The first-order chi connectivity index (χ1) is 9.91. The van der Waals surface area contributed by atoms with Gasteiger partial charge in [0.15, 0.2) is 0 Å². The van der Waals surface area contributed by atoms with E-state index < -0.39 is 5.60 Å². The molecule has 0 aliphatic rings. The molecule has 1 amide bonds. The Bertz CT molecular complexity index is 434. The largest absolute Gasteiger partial charge is 0.491 e. The van der Waals surface area contributed by atoms with E-state index in [4.69, 9.17) is 9.47 Å². The number of hydrogen-bond acceptors (Lipinski definition) is 3. The molecule has 1 N–H and O–H groups in total. The molecule has 118 valence electrons. The summed E-state index contributed by atoms with van der Waals surface area (Å²) in [6, 6.07) is 7.39. The molecule has 0 spiro atoms. The molecule has 1 aromatic carbocycles. The molecule has 0 unspecified atom stereocenters. The van der Waals surface area contributed by atoms with E-state index in [1.807, 2.05) is 58.9 Å². The van der Waals surface area contributed by atoms with Crippen molar-refractivity contribution in [3.63, 3.8) is 0 Å². The van der Waals surface area contributed by atoms with Crippen molar-refractivity contribution in [2.75, 3.05) is 11.9 Å². The SMILES string of the molecule is CCC[C@](C)(OCC)C(=O)Nc1ccc(OC(C)C)cc1. The maximum atomic E-state index is 12.4. The van der Waals surface area contributed by atoms with Crippen LogP contribution in [0.1, 0.15) is 47.5 Å². The molecule has 1 atom stereocenters. The van der Waals surface area contributed by atoms with Crippen molar-refractivity contribution in [2.45, 2.75) is 59.2 Å². The minimum absolute atomic E-state index is 0.108. The summed E-state index contributed by atoms with van der Waals surface area (Å²) >= 11 is 0. The molecule has 0 saturated carbocycles. The van der Waals surface area contributed by atoms with Gasteiger partial charge in [-0.1, -0.05) is 13.3 Å². The maximum Gasteiger partial charge on any atom is 0.256 e. The molecular formula is C17H27NO3. The van der Waals surface area contributed by atoms with Crippen LogP contribution in [-0.2, 0) is 9.53 Å². The Morgan fingerprint density at radius 1 is 1.24 bits per heavy atom. The van der Waals surface area contributed by atoms with Gasteiger partial charge in [0.05, 0.1) is 6.10 Å². The number of ether oxygens (including phenoxy) is 2. The lowest BCUT2D eigenvalue weighted by Gasteiger charge is -2.27. The van der Waals surface area contributed by atoms with E-state index in [9.17, 15) is 4.79 Å². The number of anilines is 1. The summed E-state index contributed by atoms with van der Waals surface area (Å²) < 4.78 is 11.2. The minimum Gasteiger partial charge on any atom is -0.491 e. The fraction of sp³-hybridized carbons (Fsp3) is 0.588. The molecule has 0 heterocycles. The summed E-state index contributed by atoms with van der Waals surface area (Å²) in [5.74, 6) is 0.688. The minimum atomic E-state index is -0.781. The van der Waals surface area contributed by atoms with Crippen molar-refractivity contribution in [2.24, 2.45) is 0 Å². The number of amides is 1. The van der Waals surface area contributed by atoms with E-state index in [1.54, 1.807) is 0 Å². The number of rotatable bonds is 8. The number of hydrogen-bond donors (Lipinski definition) is 1. The fourth-order valence-electron chi connectivity index (χ4n) is 2.20. The third-order valence-electron chi connectivity index (χ3n) is 3.15. The highest BCUT2D eigenvalue weighted by Gasteiger charge is 2.32. The molecule has 0 aliphatic heterocycles. The number of carbonyl (C=O) groups is 1. The van der Waals surface area contributed by atoms with Crippen LogP contribution in [-0.4, -0.2) is 24.2 Å².